The maximum Gasteiger partial charge on any atom is 0.344 e. The first kappa shape index (κ1) is 20.8. The van der Waals surface area contributed by atoms with Crippen LogP contribution in [0.2, 0.25) is 0 Å². The normalized spacial score (nSPS) is 12.5. The van der Waals surface area contributed by atoms with Gasteiger partial charge in [0.1, 0.15) is 0 Å². The van der Waals surface area contributed by atoms with Crippen molar-refractivity contribution in [3.05, 3.63) is 70.6 Å². The van der Waals surface area contributed by atoms with Crippen molar-refractivity contribution in [2.75, 3.05) is 5.32 Å². The van der Waals surface area contributed by atoms with Crippen molar-refractivity contribution in [3.8, 4) is 0 Å². The third-order valence-corrected chi connectivity index (χ3v) is 5.99. The first-order valence-electron chi connectivity index (χ1n) is 8.53. The highest BCUT2D eigenvalue weighted by atomic mass is 32.2. The largest absolute Gasteiger partial charge is 0.344 e. The number of anilines is 1. The summed E-state index contributed by atoms with van der Waals surface area (Å²) in [6, 6.07) is 15.1. The molecule has 1 unspecified atom stereocenters. The minimum atomic E-state index is -3.87. The smallest absolute Gasteiger partial charge is 0.325 e. The SMILES string of the molecule is CC(Sc1n[nH]c(=O)n1Cc1ccccc1)C(=O)Nc1cccc(S(N)(=O)=O)c1. The van der Waals surface area contributed by atoms with Crippen molar-refractivity contribution < 1.29 is 13.2 Å². The van der Waals surface area contributed by atoms with Gasteiger partial charge in [0.25, 0.3) is 0 Å². The molecular weight excluding hydrogens is 414 g/mol. The average Bonchev–Trinajstić information content (AvgIpc) is 3.02. The molecule has 0 aliphatic heterocycles. The molecule has 0 saturated heterocycles. The quantitative estimate of drug-likeness (QED) is 0.481. The number of hydrogen-bond acceptors (Lipinski definition) is 6. The summed E-state index contributed by atoms with van der Waals surface area (Å²) < 4.78 is 24.4. The third-order valence-electron chi connectivity index (χ3n) is 3.99. The Hall–Kier alpha value is -2.89. The molecule has 0 aliphatic carbocycles. The lowest BCUT2D eigenvalue weighted by atomic mass is 10.2. The molecule has 3 rings (SSSR count). The Morgan fingerprint density at radius 3 is 2.66 bits per heavy atom. The summed E-state index contributed by atoms with van der Waals surface area (Å²) in [4.78, 5) is 24.5. The predicted octanol–water partition coefficient (Wildman–Crippen LogP) is 1.39. The van der Waals surface area contributed by atoms with E-state index >= 15 is 0 Å². The van der Waals surface area contributed by atoms with Crippen LogP contribution in [0.4, 0.5) is 5.69 Å². The highest BCUT2D eigenvalue weighted by molar-refractivity contribution is 8.00. The zero-order valence-corrected chi connectivity index (χ0v) is 17.0. The summed E-state index contributed by atoms with van der Waals surface area (Å²) in [6.45, 7) is 1.98. The molecule has 0 fully saturated rings. The Morgan fingerprint density at radius 2 is 1.97 bits per heavy atom. The molecule has 11 heteroatoms. The minimum absolute atomic E-state index is 0.0976. The van der Waals surface area contributed by atoms with Gasteiger partial charge < -0.3 is 5.32 Å². The molecule has 1 heterocycles. The number of amides is 1. The molecule has 0 spiro atoms. The summed E-state index contributed by atoms with van der Waals surface area (Å²) in [5, 5.41) is 13.9. The number of carbonyl (C=O) groups excluding carboxylic acids is 1. The lowest BCUT2D eigenvalue weighted by Gasteiger charge is -2.13. The summed E-state index contributed by atoms with van der Waals surface area (Å²) in [7, 11) is -3.87. The van der Waals surface area contributed by atoms with Crippen molar-refractivity contribution in [2.45, 2.75) is 28.8 Å². The third kappa shape index (κ3) is 5.34. The van der Waals surface area contributed by atoms with Crippen molar-refractivity contribution in [1.29, 1.82) is 0 Å². The first-order valence-corrected chi connectivity index (χ1v) is 11.0. The molecule has 152 valence electrons. The second-order valence-corrected chi connectivity index (χ2v) is 9.07. The van der Waals surface area contributed by atoms with E-state index in [1.807, 2.05) is 30.3 Å². The van der Waals surface area contributed by atoms with E-state index in [1.54, 1.807) is 13.0 Å². The number of rotatable bonds is 7. The number of hydrogen-bond donors (Lipinski definition) is 3. The van der Waals surface area contributed by atoms with E-state index in [0.717, 1.165) is 17.3 Å². The fourth-order valence-electron chi connectivity index (χ4n) is 2.50. The molecule has 3 aromatic rings. The molecule has 0 aliphatic rings. The van der Waals surface area contributed by atoms with E-state index in [1.165, 1.54) is 22.8 Å². The lowest BCUT2D eigenvalue weighted by Crippen LogP contribution is -2.24. The highest BCUT2D eigenvalue weighted by Crippen LogP contribution is 2.22. The van der Waals surface area contributed by atoms with Crippen LogP contribution in [0.25, 0.3) is 0 Å². The van der Waals surface area contributed by atoms with Gasteiger partial charge in [0.15, 0.2) is 5.16 Å². The number of thioether (sulfide) groups is 1. The first-order chi connectivity index (χ1) is 13.7. The number of aromatic nitrogens is 3. The van der Waals surface area contributed by atoms with Gasteiger partial charge in [-0.15, -0.1) is 5.10 Å². The van der Waals surface area contributed by atoms with E-state index in [4.69, 9.17) is 5.14 Å². The molecular formula is C18H19N5O4S2. The van der Waals surface area contributed by atoms with Gasteiger partial charge >= 0.3 is 5.69 Å². The molecule has 0 bridgehead atoms. The van der Waals surface area contributed by atoms with Gasteiger partial charge in [0.05, 0.1) is 16.7 Å². The van der Waals surface area contributed by atoms with Crippen LogP contribution in [0.1, 0.15) is 12.5 Å². The number of carbonyl (C=O) groups is 1. The van der Waals surface area contributed by atoms with Gasteiger partial charge in [-0.05, 0) is 30.7 Å². The van der Waals surface area contributed by atoms with E-state index < -0.39 is 15.3 Å². The van der Waals surface area contributed by atoms with Crippen LogP contribution in [0, 0.1) is 0 Å². The van der Waals surface area contributed by atoms with Crippen LogP contribution in [-0.4, -0.2) is 34.3 Å². The van der Waals surface area contributed by atoms with Crippen molar-refractivity contribution in [3.63, 3.8) is 0 Å². The topological polar surface area (TPSA) is 140 Å². The number of nitrogens with one attached hydrogen (secondary N) is 2. The summed E-state index contributed by atoms with van der Waals surface area (Å²) in [5.74, 6) is -0.372. The Kier molecular flexibility index (Phi) is 6.20. The van der Waals surface area contributed by atoms with Crippen LogP contribution in [-0.2, 0) is 21.4 Å². The Labute approximate surface area is 171 Å². The molecule has 1 amide bonds. The summed E-state index contributed by atoms with van der Waals surface area (Å²) in [5.41, 5.74) is 0.859. The number of benzene rings is 2. The predicted molar refractivity (Wildman–Crippen MR) is 110 cm³/mol. The van der Waals surface area contributed by atoms with Crippen LogP contribution < -0.4 is 16.1 Å². The maximum atomic E-state index is 12.5. The molecule has 29 heavy (non-hydrogen) atoms. The van der Waals surface area contributed by atoms with Gasteiger partial charge in [0.2, 0.25) is 15.9 Å². The number of sulfonamides is 1. The summed E-state index contributed by atoms with van der Waals surface area (Å²) in [6.07, 6.45) is 0. The number of primary sulfonamides is 1. The van der Waals surface area contributed by atoms with Gasteiger partial charge in [-0.1, -0.05) is 48.2 Å². The maximum absolute atomic E-state index is 12.5. The fourth-order valence-corrected chi connectivity index (χ4v) is 3.92. The van der Waals surface area contributed by atoms with E-state index in [2.05, 4.69) is 15.5 Å². The van der Waals surface area contributed by atoms with E-state index in [9.17, 15) is 18.0 Å². The van der Waals surface area contributed by atoms with Crippen LogP contribution in [0.5, 0.6) is 0 Å². The lowest BCUT2D eigenvalue weighted by molar-refractivity contribution is -0.115. The van der Waals surface area contributed by atoms with E-state index in [0.29, 0.717) is 17.4 Å². The van der Waals surface area contributed by atoms with Crippen LogP contribution in [0.15, 0.2) is 69.4 Å². The molecule has 0 saturated carbocycles. The molecule has 4 N–H and O–H groups in total. The zero-order chi connectivity index (χ0) is 21.0. The number of aromatic amines is 1. The molecule has 1 atom stereocenters. The Balaban J connectivity index is 1.72. The monoisotopic (exact) mass is 433 g/mol. The van der Waals surface area contributed by atoms with Crippen molar-refractivity contribution >= 4 is 33.4 Å². The minimum Gasteiger partial charge on any atom is -0.325 e. The zero-order valence-electron chi connectivity index (χ0n) is 15.4. The van der Waals surface area contributed by atoms with Gasteiger partial charge in [-0.3, -0.25) is 9.36 Å². The van der Waals surface area contributed by atoms with Gasteiger partial charge in [-0.25, -0.2) is 23.4 Å². The number of nitrogens with zero attached hydrogens (tertiary/aromatic N) is 2. The molecule has 1 aromatic heterocycles. The van der Waals surface area contributed by atoms with Gasteiger partial charge in [-0.2, -0.15) is 0 Å². The van der Waals surface area contributed by atoms with Crippen molar-refractivity contribution in [2.24, 2.45) is 5.14 Å². The number of nitrogens with two attached hydrogens (primary N) is 1. The highest BCUT2D eigenvalue weighted by Gasteiger charge is 2.20. The molecule has 9 nitrogen and oxygen atoms in total. The average molecular weight is 434 g/mol. The standard InChI is InChI=1S/C18H19N5O4S2/c1-12(16(24)20-14-8-5-9-15(10-14)29(19,26)27)28-18-22-21-17(25)23(18)11-13-6-3-2-4-7-13/h2-10,12H,11H2,1H3,(H,20,24)(H,21,25)(H2,19,26,27). The number of H-pyrrole nitrogens is 1. The Bertz CT molecular complexity index is 1170. The second kappa shape index (κ2) is 8.64. The molecule has 0 radical (unpaired) electrons. The summed E-state index contributed by atoms with van der Waals surface area (Å²) >= 11 is 1.11. The van der Waals surface area contributed by atoms with Crippen molar-refractivity contribution in [1.82, 2.24) is 14.8 Å². The van der Waals surface area contributed by atoms with Gasteiger partial charge in [0, 0.05) is 5.69 Å². The van der Waals surface area contributed by atoms with Crippen LogP contribution in [0.3, 0.4) is 0 Å². The fraction of sp³-hybridized carbons (Fsp3) is 0.167. The molecule has 2 aromatic carbocycles. The van der Waals surface area contributed by atoms with E-state index in [-0.39, 0.29) is 16.5 Å². The second-order valence-electron chi connectivity index (χ2n) is 6.21. The van der Waals surface area contributed by atoms with Crippen LogP contribution >= 0.6 is 11.8 Å². The Morgan fingerprint density at radius 1 is 1.24 bits per heavy atom.